The van der Waals surface area contributed by atoms with Crippen LogP contribution in [-0.2, 0) is 11.3 Å². The zero-order valence-corrected chi connectivity index (χ0v) is 16.6. The van der Waals surface area contributed by atoms with E-state index in [0.29, 0.717) is 19.0 Å². The average molecular weight is 377 g/mol. The van der Waals surface area contributed by atoms with Gasteiger partial charge in [0.2, 0.25) is 5.91 Å². The number of rotatable bonds is 10. The number of amides is 1. The lowest BCUT2D eigenvalue weighted by atomic mass is 10.2. The summed E-state index contributed by atoms with van der Waals surface area (Å²) in [5.74, 6) is 2.75. The van der Waals surface area contributed by atoms with Crippen LogP contribution in [0.25, 0.3) is 11.0 Å². The Balaban J connectivity index is 1.76. The minimum atomic E-state index is 0.162. The highest BCUT2D eigenvalue weighted by molar-refractivity contribution is 7.99. The second-order valence-corrected chi connectivity index (χ2v) is 8.21. The highest BCUT2D eigenvalue weighted by atomic mass is 32.2. The molecule has 3 rings (SSSR count). The van der Waals surface area contributed by atoms with Gasteiger partial charge in [-0.3, -0.25) is 4.79 Å². The number of nitrogens with zero attached hydrogens (tertiary/aromatic N) is 4. The summed E-state index contributed by atoms with van der Waals surface area (Å²) in [6, 6.07) is 0. The van der Waals surface area contributed by atoms with E-state index in [1.807, 2.05) is 10.9 Å². The first-order valence-electron chi connectivity index (χ1n) is 9.46. The normalized spacial score (nSPS) is 14.2. The molecular weight excluding hydrogens is 348 g/mol. The third kappa shape index (κ3) is 4.87. The van der Waals surface area contributed by atoms with E-state index in [1.54, 1.807) is 11.8 Å². The van der Waals surface area contributed by atoms with E-state index in [-0.39, 0.29) is 11.8 Å². The van der Waals surface area contributed by atoms with E-state index in [2.05, 4.69) is 41.5 Å². The maximum Gasteiger partial charge on any atom is 0.223 e. The predicted octanol–water partition coefficient (Wildman–Crippen LogP) is 2.92. The van der Waals surface area contributed by atoms with Crippen LogP contribution in [0.1, 0.15) is 40.0 Å². The minimum Gasteiger partial charge on any atom is -0.369 e. The van der Waals surface area contributed by atoms with Crippen LogP contribution in [-0.4, -0.2) is 44.5 Å². The van der Waals surface area contributed by atoms with E-state index < -0.39 is 0 Å². The summed E-state index contributed by atoms with van der Waals surface area (Å²) in [7, 11) is 0. The van der Waals surface area contributed by atoms with Gasteiger partial charge in [-0.2, -0.15) is 5.10 Å². The third-order valence-corrected chi connectivity index (χ3v) is 5.21. The lowest BCUT2D eigenvalue weighted by Crippen LogP contribution is -2.28. The van der Waals surface area contributed by atoms with Gasteiger partial charge in [0.05, 0.1) is 18.1 Å². The predicted molar refractivity (Wildman–Crippen MR) is 105 cm³/mol. The minimum absolute atomic E-state index is 0.162. The molecule has 0 radical (unpaired) electrons. The van der Waals surface area contributed by atoms with Crippen LogP contribution in [0.15, 0.2) is 11.4 Å². The van der Waals surface area contributed by atoms with Crippen molar-refractivity contribution in [3.8, 4) is 0 Å². The van der Waals surface area contributed by atoms with Crippen molar-refractivity contribution in [3.05, 3.63) is 6.20 Å². The van der Waals surface area contributed by atoms with Crippen LogP contribution in [0.3, 0.4) is 0 Å². The molecule has 8 heteroatoms. The summed E-state index contributed by atoms with van der Waals surface area (Å²) in [6.07, 6.45) is 4.93. The van der Waals surface area contributed by atoms with Gasteiger partial charge in [0.25, 0.3) is 0 Å². The van der Waals surface area contributed by atoms with Crippen molar-refractivity contribution in [3.63, 3.8) is 0 Å². The van der Waals surface area contributed by atoms with Gasteiger partial charge in [-0.15, -0.1) is 0 Å². The van der Waals surface area contributed by atoms with Gasteiger partial charge in [-0.05, 0) is 25.2 Å². The van der Waals surface area contributed by atoms with Crippen LogP contribution < -0.4 is 10.6 Å². The molecule has 0 spiro atoms. The number of fused-ring (bicyclic) bond motifs is 1. The molecule has 0 unspecified atom stereocenters. The first-order valence-corrected chi connectivity index (χ1v) is 10.4. The maximum atomic E-state index is 11.8. The molecule has 7 nitrogen and oxygen atoms in total. The Morgan fingerprint density at radius 3 is 2.88 bits per heavy atom. The fraction of sp³-hybridized carbons (Fsp3) is 0.667. The van der Waals surface area contributed by atoms with Crippen LogP contribution in [0.4, 0.5) is 5.82 Å². The van der Waals surface area contributed by atoms with E-state index in [0.717, 1.165) is 53.6 Å². The largest absolute Gasteiger partial charge is 0.369 e. The summed E-state index contributed by atoms with van der Waals surface area (Å²) >= 11 is 1.66. The second-order valence-electron chi connectivity index (χ2n) is 7.15. The number of hydrogen-bond acceptors (Lipinski definition) is 6. The lowest BCUT2D eigenvalue weighted by Gasteiger charge is -2.11. The van der Waals surface area contributed by atoms with Gasteiger partial charge in [-0.25, -0.2) is 14.6 Å². The van der Waals surface area contributed by atoms with Gasteiger partial charge < -0.3 is 10.6 Å². The molecule has 1 fully saturated rings. The number of thioether (sulfide) groups is 1. The van der Waals surface area contributed by atoms with Gasteiger partial charge in [0.15, 0.2) is 10.8 Å². The summed E-state index contributed by atoms with van der Waals surface area (Å²) in [4.78, 5) is 21.2. The van der Waals surface area contributed by atoms with Crippen molar-refractivity contribution in [2.45, 2.75) is 51.7 Å². The Kier molecular flexibility index (Phi) is 6.34. The number of nitrogens with one attached hydrogen (secondary N) is 2. The molecule has 1 aliphatic rings. The third-order valence-electron chi connectivity index (χ3n) is 4.16. The van der Waals surface area contributed by atoms with E-state index in [4.69, 9.17) is 4.98 Å². The topological polar surface area (TPSA) is 84.7 Å². The molecule has 142 valence electrons. The van der Waals surface area contributed by atoms with Crippen LogP contribution in [0.2, 0.25) is 0 Å². The number of anilines is 1. The quantitative estimate of drug-likeness (QED) is 0.490. The zero-order chi connectivity index (χ0) is 18.5. The molecule has 0 saturated heterocycles. The van der Waals surface area contributed by atoms with Crippen molar-refractivity contribution < 1.29 is 4.79 Å². The fourth-order valence-electron chi connectivity index (χ4n) is 2.57. The van der Waals surface area contributed by atoms with Crippen molar-refractivity contribution in [2.75, 3.05) is 24.2 Å². The summed E-state index contributed by atoms with van der Waals surface area (Å²) in [6.45, 7) is 8.53. The highest BCUT2D eigenvalue weighted by Gasteiger charge is 2.29. The lowest BCUT2D eigenvalue weighted by molar-refractivity contribution is -0.122. The molecule has 2 heterocycles. The van der Waals surface area contributed by atoms with Crippen molar-refractivity contribution in [1.29, 1.82) is 0 Å². The Morgan fingerprint density at radius 1 is 1.38 bits per heavy atom. The molecule has 2 N–H and O–H groups in total. The van der Waals surface area contributed by atoms with Crippen molar-refractivity contribution in [2.24, 2.45) is 11.8 Å². The van der Waals surface area contributed by atoms with Crippen molar-refractivity contribution in [1.82, 2.24) is 25.1 Å². The van der Waals surface area contributed by atoms with Crippen LogP contribution >= 0.6 is 11.8 Å². The smallest absolute Gasteiger partial charge is 0.223 e. The monoisotopic (exact) mass is 376 g/mol. The molecule has 1 amide bonds. The molecule has 0 bridgehead atoms. The number of aromatic nitrogens is 4. The molecule has 1 saturated carbocycles. The van der Waals surface area contributed by atoms with Crippen LogP contribution in [0.5, 0.6) is 0 Å². The molecule has 26 heavy (non-hydrogen) atoms. The van der Waals surface area contributed by atoms with E-state index in [1.165, 1.54) is 0 Å². The summed E-state index contributed by atoms with van der Waals surface area (Å²) in [5.41, 5.74) is 0.825. The molecule has 0 aliphatic heterocycles. The molecule has 0 aromatic carbocycles. The Labute approximate surface area is 158 Å². The maximum absolute atomic E-state index is 11.8. The standard InChI is InChI=1S/C18H28N6OS/c1-4-9-26-18-22-15(20-10-12(2)3)14-11-21-24(16(14)23-18)8-7-19-17(25)13-5-6-13/h11-13H,4-10H2,1-3H3,(H,19,25)(H,20,22,23). The SMILES string of the molecule is CCCSc1nc(NCC(C)C)c2cnn(CCNC(=O)C3CC3)c2n1. The van der Waals surface area contributed by atoms with E-state index in [9.17, 15) is 4.79 Å². The first kappa shape index (κ1) is 18.9. The summed E-state index contributed by atoms with van der Waals surface area (Å²) in [5, 5.41) is 12.6. The Morgan fingerprint density at radius 2 is 2.19 bits per heavy atom. The van der Waals surface area contributed by atoms with Gasteiger partial charge in [0, 0.05) is 24.8 Å². The Hall–Kier alpha value is -1.83. The summed E-state index contributed by atoms with van der Waals surface area (Å²) < 4.78 is 1.86. The molecule has 1 aliphatic carbocycles. The first-order chi connectivity index (χ1) is 12.6. The number of carbonyl (C=O) groups is 1. The van der Waals surface area contributed by atoms with E-state index >= 15 is 0 Å². The highest BCUT2D eigenvalue weighted by Crippen LogP contribution is 2.28. The van der Waals surface area contributed by atoms with Gasteiger partial charge in [-0.1, -0.05) is 32.5 Å². The fourth-order valence-corrected chi connectivity index (χ4v) is 3.26. The zero-order valence-electron chi connectivity index (χ0n) is 15.8. The van der Waals surface area contributed by atoms with Crippen molar-refractivity contribution >= 4 is 34.5 Å². The molecule has 2 aromatic heterocycles. The van der Waals surface area contributed by atoms with Gasteiger partial charge in [0.1, 0.15) is 5.82 Å². The Bertz CT molecular complexity index is 755. The number of hydrogen-bond donors (Lipinski definition) is 2. The molecular formula is C18H28N6OS. The molecule has 2 aromatic rings. The average Bonchev–Trinajstić information content (AvgIpc) is 3.40. The number of carbonyl (C=O) groups excluding carboxylic acids is 1. The molecule has 0 atom stereocenters. The second kappa shape index (κ2) is 8.70. The van der Waals surface area contributed by atoms with Gasteiger partial charge >= 0.3 is 0 Å². The van der Waals surface area contributed by atoms with Crippen LogP contribution in [0, 0.1) is 11.8 Å².